The Bertz CT molecular complexity index is 605. The number of carboxylic acid groups (broad SMARTS) is 1. The summed E-state index contributed by atoms with van der Waals surface area (Å²) in [7, 11) is 0. The smallest absolute Gasteiger partial charge is 0.337 e. The van der Waals surface area contributed by atoms with E-state index >= 15 is 0 Å². The number of benzene rings is 1. The van der Waals surface area contributed by atoms with Crippen molar-refractivity contribution in [2.45, 2.75) is 12.8 Å². The van der Waals surface area contributed by atoms with Gasteiger partial charge in [-0.3, -0.25) is 0 Å². The summed E-state index contributed by atoms with van der Waals surface area (Å²) in [6, 6.07) is 4.31. The summed E-state index contributed by atoms with van der Waals surface area (Å²) < 4.78 is 0.636. The lowest BCUT2D eigenvalue weighted by molar-refractivity contribution is 0.0698. The third-order valence-electron chi connectivity index (χ3n) is 3.20. The Hall–Kier alpha value is -2.00. The van der Waals surface area contributed by atoms with Crippen LogP contribution in [0.3, 0.4) is 0 Å². The van der Waals surface area contributed by atoms with Crippen molar-refractivity contribution in [2.24, 2.45) is 5.92 Å². The van der Waals surface area contributed by atoms with Gasteiger partial charge in [0, 0.05) is 11.0 Å². The highest BCUT2D eigenvalue weighted by atomic mass is 79.9. The number of anilines is 1. The number of aromatic carboxylic acids is 1. The fourth-order valence-corrected chi connectivity index (χ4v) is 2.30. The molecule has 110 valence electrons. The molecule has 1 aliphatic rings. The first-order chi connectivity index (χ1) is 10.0. The van der Waals surface area contributed by atoms with Crippen molar-refractivity contribution in [3.8, 4) is 12.3 Å². The Kier molecular flexibility index (Phi) is 4.86. The number of hydrogen-bond donors (Lipinski definition) is 2. The molecule has 1 aromatic rings. The monoisotopic (exact) mass is 350 g/mol. The van der Waals surface area contributed by atoms with Crippen LogP contribution in [-0.2, 0) is 0 Å². The van der Waals surface area contributed by atoms with E-state index in [4.69, 9.17) is 6.42 Å². The fraction of sp³-hybridized carbons (Fsp3) is 0.333. The first-order valence-corrected chi connectivity index (χ1v) is 7.32. The number of urea groups is 1. The van der Waals surface area contributed by atoms with E-state index in [1.165, 1.54) is 11.0 Å². The third kappa shape index (κ3) is 4.23. The molecule has 5 nitrogen and oxygen atoms in total. The van der Waals surface area contributed by atoms with E-state index in [2.05, 4.69) is 27.2 Å². The molecule has 6 heteroatoms. The Morgan fingerprint density at radius 3 is 2.76 bits per heavy atom. The number of terminal acetylenes is 1. The zero-order valence-electron chi connectivity index (χ0n) is 11.3. The average Bonchev–Trinajstić information content (AvgIpc) is 3.24. The molecule has 21 heavy (non-hydrogen) atoms. The number of carbonyl (C=O) groups is 2. The predicted octanol–water partition coefficient (Wildman–Crippen LogP) is 3.02. The maximum Gasteiger partial charge on any atom is 0.337 e. The van der Waals surface area contributed by atoms with Gasteiger partial charge >= 0.3 is 12.0 Å². The van der Waals surface area contributed by atoms with Crippen LogP contribution in [0.5, 0.6) is 0 Å². The van der Waals surface area contributed by atoms with Crippen LogP contribution in [0.25, 0.3) is 0 Å². The van der Waals surface area contributed by atoms with Gasteiger partial charge in [-0.15, -0.1) is 6.42 Å². The highest BCUT2D eigenvalue weighted by molar-refractivity contribution is 9.10. The molecule has 2 amide bonds. The lowest BCUT2D eigenvalue weighted by Gasteiger charge is -2.21. The first kappa shape index (κ1) is 15.4. The van der Waals surface area contributed by atoms with E-state index in [9.17, 15) is 14.7 Å². The lowest BCUT2D eigenvalue weighted by atomic mass is 10.2. The Morgan fingerprint density at radius 1 is 1.48 bits per heavy atom. The number of hydrogen-bond acceptors (Lipinski definition) is 2. The Balaban J connectivity index is 2.13. The molecule has 1 fully saturated rings. The normalized spacial score (nSPS) is 13.3. The summed E-state index contributed by atoms with van der Waals surface area (Å²) in [5.74, 6) is 1.86. The molecule has 0 spiro atoms. The lowest BCUT2D eigenvalue weighted by Crippen LogP contribution is -2.37. The van der Waals surface area contributed by atoms with E-state index in [0.29, 0.717) is 16.9 Å². The molecule has 2 rings (SSSR count). The van der Waals surface area contributed by atoms with E-state index in [-0.39, 0.29) is 23.8 Å². The van der Waals surface area contributed by atoms with Crippen LogP contribution in [0.15, 0.2) is 22.7 Å². The SMILES string of the molecule is C#CCN(CC1CC1)C(=O)Nc1ccc(Br)cc1C(=O)O. The van der Waals surface area contributed by atoms with Gasteiger partial charge in [0.25, 0.3) is 0 Å². The van der Waals surface area contributed by atoms with Gasteiger partial charge in [-0.05, 0) is 37.0 Å². The third-order valence-corrected chi connectivity index (χ3v) is 3.69. The molecule has 0 saturated heterocycles. The number of rotatable bonds is 5. The van der Waals surface area contributed by atoms with Gasteiger partial charge in [-0.2, -0.15) is 0 Å². The second-order valence-corrected chi connectivity index (χ2v) is 5.87. The second kappa shape index (κ2) is 6.64. The zero-order chi connectivity index (χ0) is 15.4. The summed E-state index contributed by atoms with van der Waals surface area (Å²) in [6.07, 6.45) is 7.49. The highest BCUT2D eigenvalue weighted by Crippen LogP contribution is 2.30. The molecule has 0 heterocycles. The van der Waals surface area contributed by atoms with Gasteiger partial charge in [0.05, 0.1) is 17.8 Å². The van der Waals surface area contributed by atoms with Gasteiger partial charge in [0.15, 0.2) is 0 Å². The molecule has 2 N–H and O–H groups in total. The molecular formula is C15H15BrN2O3. The summed E-state index contributed by atoms with van der Waals surface area (Å²) in [5, 5.41) is 11.8. The average molecular weight is 351 g/mol. The number of halogens is 1. The molecule has 0 atom stereocenters. The first-order valence-electron chi connectivity index (χ1n) is 6.53. The van der Waals surface area contributed by atoms with Crippen molar-refractivity contribution < 1.29 is 14.7 Å². The quantitative estimate of drug-likeness (QED) is 0.802. The van der Waals surface area contributed by atoms with E-state index in [1.54, 1.807) is 12.1 Å². The van der Waals surface area contributed by atoms with Gasteiger partial charge in [0.2, 0.25) is 0 Å². The van der Waals surface area contributed by atoms with Crippen LogP contribution in [0.2, 0.25) is 0 Å². The van der Waals surface area contributed by atoms with Gasteiger partial charge in [-0.25, -0.2) is 9.59 Å². The highest BCUT2D eigenvalue weighted by Gasteiger charge is 2.27. The molecule has 0 aromatic heterocycles. The number of amides is 2. The topological polar surface area (TPSA) is 69.6 Å². The summed E-state index contributed by atoms with van der Waals surface area (Å²) in [4.78, 5) is 25.0. The van der Waals surface area contributed by atoms with E-state index in [0.717, 1.165) is 12.8 Å². The fourth-order valence-electron chi connectivity index (χ4n) is 1.94. The summed E-state index contributed by atoms with van der Waals surface area (Å²) >= 11 is 3.21. The van der Waals surface area contributed by atoms with E-state index < -0.39 is 5.97 Å². The van der Waals surface area contributed by atoms with Crippen molar-refractivity contribution >= 4 is 33.6 Å². The van der Waals surface area contributed by atoms with Crippen molar-refractivity contribution in [1.29, 1.82) is 0 Å². The molecule has 0 aliphatic heterocycles. The minimum atomic E-state index is -1.10. The van der Waals surface area contributed by atoms with Crippen LogP contribution < -0.4 is 5.32 Å². The standard InChI is InChI=1S/C15H15BrN2O3/c1-2-7-18(9-10-3-4-10)15(21)17-13-6-5-11(16)8-12(13)14(19)20/h1,5-6,8,10H,3-4,7,9H2,(H,17,21)(H,19,20). The van der Waals surface area contributed by atoms with Crippen molar-refractivity contribution in [3.05, 3.63) is 28.2 Å². The van der Waals surface area contributed by atoms with Crippen molar-refractivity contribution in [2.75, 3.05) is 18.4 Å². The maximum atomic E-state index is 12.2. The van der Waals surface area contributed by atoms with E-state index in [1.807, 2.05) is 0 Å². The van der Waals surface area contributed by atoms with Crippen LogP contribution in [0.1, 0.15) is 23.2 Å². The van der Waals surface area contributed by atoms with Gasteiger partial charge in [-0.1, -0.05) is 21.9 Å². The second-order valence-electron chi connectivity index (χ2n) is 4.95. The predicted molar refractivity (Wildman–Crippen MR) is 83.3 cm³/mol. The number of nitrogens with zero attached hydrogens (tertiary/aromatic N) is 1. The van der Waals surface area contributed by atoms with Crippen LogP contribution in [0.4, 0.5) is 10.5 Å². The molecule has 0 unspecified atom stereocenters. The molecule has 1 aromatic carbocycles. The van der Waals surface area contributed by atoms with Crippen LogP contribution in [-0.4, -0.2) is 35.1 Å². The van der Waals surface area contributed by atoms with Gasteiger partial charge in [0.1, 0.15) is 0 Å². The largest absolute Gasteiger partial charge is 0.478 e. The molecule has 0 bridgehead atoms. The number of carboxylic acids is 1. The number of carbonyl (C=O) groups excluding carboxylic acids is 1. The van der Waals surface area contributed by atoms with Crippen LogP contribution in [0, 0.1) is 18.3 Å². The summed E-state index contributed by atoms with van der Waals surface area (Å²) in [5.41, 5.74) is 0.290. The minimum Gasteiger partial charge on any atom is -0.478 e. The molecule has 1 saturated carbocycles. The zero-order valence-corrected chi connectivity index (χ0v) is 12.9. The summed E-state index contributed by atoms with van der Waals surface area (Å²) in [6.45, 7) is 0.816. The van der Waals surface area contributed by atoms with Crippen molar-refractivity contribution in [1.82, 2.24) is 4.90 Å². The van der Waals surface area contributed by atoms with Crippen molar-refractivity contribution in [3.63, 3.8) is 0 Å². The molecular weight excluding hydrogens is 336 g/mol. The maximum absolute atomic E-state index is 12.2. The Labute approximate surface area is 131 Å². The molecule has 1 aliphatic carbocycles. The number of nitrogens with one attached hydrogen (secondary N) is 1. The molecule has 0 radical (unpaired) electrons. The van der Waals surface area contributed by atoms with Crippen LogP contribution >= 0.6 is 15.9 Å². The minimum absolute atomic E-state index is 0.0322. The Morgan fingerprint density at radius 2 is 2.19 bits per heavy atom. The van der Waals surface area contributed by atoms with Gasteiger partial charge < -0.3 is 15.3 Å².